The van der Waals surface area contributed by atoms with Gasteiger partial charge in [0.1, 0.15) is 11.0 Å². The van der Waals surface area contributed by atoms with E-state index in [-0.39, 0.29) is 11.0 Å². The topological polar surface area (TPSA) is 33.1 Å². The van der Waals surface area contributed by atoms with Crippen LogP contribution in [0.4, 0.5) is 4.39 Å². The van der Waals surface area contributed by atoms with E-state index in [4.69, 9.17) is 11.6 Å². The van der Waals surface area contributed by atoms with Gasteiger partial charge in [0.25, 0.3) is 0 Å². The van der Waals surface area contributed by atoms with Crippen molar-refractivity contribution in [1.29, 1.82) is 0 Å². The molecule has 78 valence electrons. The number of rotatable bonds is 1. The summed E-state index contributed by atoms with van der Waals surface area (Å²) in [6.07, 6.45) is -0.710. The number of hydrogen-bond donors (Lipinski definition) is 1. The molecule has 15 heavy (non-hydrogen) atoms. The molecule has 2 nitrogen and oxygen atoms in total. The molecule has 0 radical (unpaired) electrons. The van der Waals surface area contributed by atoms with Crippen molar-refractivity contribution >= 4 is 22.5 Å². The maximum Gasteiger partial charge on any atom is 0.135 e. The predicted molar refractivity (Wildman–Crippen MR) is 57.3 cm³/mol. The van der Waals surface area contributed by atoms with Crippen LogP contribution in [0.5, 0.6) is 0 Å². The molecular weight excluding hydrogens is 217 g/mol. The first-order chi connectivity index (χ1) is 7.08. The SMILES string of the molecule is CC(O)c1cc2cc(F)ccc2nc1Cl. The molecule has 0 amide bonds. The molecule has 0 fully saturated rings. The molecule has 4 heteroatoms. The van der Waals surface area contributed by atoms with Crippen molar-refractivity contribution in [2.45, 2.75) is 13.0 Å². The van der Waals surface area contributed by atoms with Gasteiger partial charge in [0, 0.05) is 10.9 Å². The molecule has 2 aromatic rings. The number of benzene rings is 1. The molecule has 0 aliphatic heterocycles. The first-order valence-corrected chi connectivity index (χ1v) is 4.89. The Bertz CT molecular complexity index is 513. The van der Waals surface area contributed by atoms with Gasteiger partial charge in [-0.15, -0.1) is 0 Å². The summed E-state index contributed by atoms with van der Waals surface area (Å²) in [5.41, 5.74) is 1.13. The minimum Gasteiger partial charge on any atom is -0.389 e. The molecule has 0 spiro atoms. The fraction of sp³-hybridized carbons (Fsp3) is 0.182. The van der Waals surface area contributed by atoms with E-state index in [2.05, 4.69) is 4.98 Å². The van der Waals surface area contributed by atoms with Crippen LogP contribution in [0, 0.1) is 5.82 Å². The van der Waals surface area contributed by atoms with Gasteiger partial charge in [0.05, 0.1) is 11.6 Å². The van der Waals surface area contributed by atoms with E-state index in [1.54, 1.807) is 19.1 Å². The first-order valence-electron chi connectivity index (χ1n) is 4.51. The fourth-order valence-electron chi connectivity index (χ4n) is 1.43. The van der Waals surface area contributed by atoms with Crippen LogP contribution in [0.15, 0.2) is 24.3 Å². The van der Waals surface area contributed by atoms with E-state index < -0.39 is 6.10 Å². The number of aromatic nitrogens is 1. The van der Waals surface area contributed by atoms with Crippen molar-refractivity contribution in [1.82, 2.24) is 4.98 Å². The number of hydrogen-bond acceptors (Lipinski definition) is 2. The van der Waals surface area contributed by atoms with E-state index in [1.807, 2.05) is 0 Å². The minimum atomic E-state index is -0.710. The number of halogens is 2. The second-order valence-electron chi connectivity index (χ2n) is 3.38. The lowest BCUT2D eigenvalue weighted by atomic mass is 10.1. The molecular formula is C11H9ClFNO. The highest BCUT2D eigenvalue weighted by atomic mass is 35.5. The highest BCUT2D eigenvalue weighted by molar-refractivity contribution is 6.30. The Morgan fingerprint density at radius 3 is 2.80 bits per heavy atom. The Balaban J connectivity index is 2.72. The molecule has 2 rings (SSSR count). The van der Waals surface area contributed by atoms with Crippen molar-refractivity contribution in [2.24, 2.45) is 0 Å². The third-order valence-corrected chi connectivity index (χ3v) is 2.51. The second-order valence-corrected chi connectivity index (χ2v) is 3.74. The summed E-state index contributed by atoms with van der Waals surface area (Å²) in [7, 11) is 0. The fourth-order valence-corrected chi connectivity index (χ4v) is 1.74. The van der Waals surface area contributed by atoms with Gasteiger partial charge >= 0.3 is 0 Å². The number of aliphatic hydroxyl groups excluding tert-OH is 1. The molecule has 1 unspecified atom stereocenters. The normalized spacial score (nSPS) is 13.1. The van der Waals surface area contributed by atoms with Crippen LogP contribution in [0.1, 0.15) is 18.6 Å². The Kier molecular flexibility index (Phi) is 2.59. The largest absolute Gasteiger partial charge is 0.389 e. The van der Waals surface area contributed by atoms with Crippen molar-refractivity contribution in [3.8, 4) is 0 Å². The molecule has 1 N–H and O–H groups in total. The van der Waals surface area contributed by atoms with Crippen LogP contribution in [0.2, 0.25) is 5.15 Å². The highest BCUT2D eigenvalue weighted by Gasteiger charge is 2.09. The quantitative estimate of drug-likeness (QED) is 0.757. The van der Waals surface area contributed by atoms with Gasteiger partial charge in [0.2, 0.25) is 0 Å². The molecule has 1 heterocycles. The first kappa shape index (κ1) is 10.3. The number of pyridine rings is 1. The summed E-state index contributed by atoms with van der Waals surface area (Å²) < 4.78 is 12.9. The number of nitrogens with zero attached hydrogens (tertiary/aromatic N) is 1. The van der Waals surface area contributed by atoms with Crippen LogP contribution in [-0.2, 0) is 0 Å². The molecule has 1 atom stereocenters. The Labute approximate surface area is 91.3 Å². The van der Waals surface area contributed by atoms with Crippen molar-refractivity contribution in [2.75, 3.05) is 0 Å². The lowest BCUT2D eigenvalue weighted by molar-refractivity contribution is 0.199. The van der Waals surface area contributed by atoms with Crippen LogP contribution < -0.4 is 0 Å². The van der Waals surface area contributed by atoms with Crippen LogP contribution >= 0.6 is 11.6 Å². The maximum atomic E-state index is 12.9. The van der Waals surface area contributed by atoms with E-state index in [0.29, 0.717) is 16.5 Å². The summed E-state index contributed by atoms with van der Waals surface area (Å²) in [4.78, 5) is 4.08. The van der Waals surface area contributed by atoms with Gasteiger partial charge in [-0.2, -0.15) is 0 Å². The summed E-state index contributed by atoms with van der Waals surface area (Å²) in [6.45, 7) is 1.59. The molecule has 0 saturated carbocycles. The lowest BCUT2D eigenvalue weighted by Crippen LogP contribution is -1.95. The van der Waals surface area contributed by atoms with Crippen LogP contribution in [0.3, 0.4) is 0 Å². The van der Waals surface area contributed by atoms with Crippen molar-refractivity contribution in [3.63, 3.8) is 0 Å². The van der Waals surface area contributed by atoms with Crippen LogP contribution in [-0.4, -0.2) is 10.1 Å². The zero-order valence-corrected chi connectivity index (χ0v) is 8.79. The monoisotopic (exact) mass is 225 g/mol. The van der Waals surface area contributed by atoms with E-state index in [1.165, 1.54) is 12.1 Å². The zero-order valence-electron chi connectivity index (χ0n) is 8.04. The van der Waals surface area contributed by atoms with Gasteiger partial charge in [-0.25, -0.2) is 9.37 Å². The van der Waals surface area contributed by atoms with Gasteiger partial charge in [-0.05, 0) is 31.2 Å². The molecule has 0 saturated heterocycles. The summed E-state index contributed by atoms with van der Waals surface area (Å²) in [5.74, 6) is -0.330. The standard InChI is InChI=1S/C11H9ClFNO/c1-6(15)9-5-7-4-8(13)2-3-10(7)14-11(9)12/h2-6,15H,1H3. The summed E-state index contributed by atoms with van der Waals surface area (Å²) in [6, 6.07) is 5.90. The zero-order chi connectivity index (χ0) is 11.0. The second kappa shape index (κ2) is 3.76. The van der Waals surface area contributed by atoms with E-state index in [9.17, 15) is 9.50 Å². The molecule has 0 bridgehead atoms. The smallest absolute Gasteiger partial charge is 0.135 e. The van der Waals surface area contributed by atoms with Crippen LogP contribution in [0.25, 0.3) is 10.9 Å². The van der Waals surface area contributed by atoms with E-state index in [0.717, 1.165) is 0 Å². The summed E-state index contributed by atoms with van der Waals surface area (Å²) in [5, 5.41) is 10.3. The third-order valence-electron chi connectivity index (χ3n) is 2.21. The van der Waals surface area contributed by atoms with Gasteiger partial charge < -0.3 is 5.11 Å². The minimum absolute atomic E-state index is 0.254. The molecule has 1 aromatic heterocycles. The van der Waals surface area contributed by atoms with Gasteiger partial charge in [-0.3, -0.25) is 0 Å². The average Bonchev–Trinajstić information content (AvgIpc) is 2.17. The Hall–Kier alpha value is -1.19. The van der Waals surface area contributed by atoms with Gasteiger partial charge in [0.15, 0.2) is 0 Å². The molecule has 1 aromatic carbocycles. The van der Waals surface area contributed by atoms with Crippen molar-refractivity contribution in [3.05, 3.63) is 40.8 Å². The van der Waals surface area contributed by atoms with Crippen molar-refractivity contribution < 1.29 is 9.50 Å². The molecule has 0 aliphatic rings. The van der Waals surface area contributed by atoms with Gasteiger partial charge in [-0.1, -0.05) is 11.6 Å². The summed E-state index contributed by atoms with van der Waals surface area (Å²) >= 11 is 5.87. The highest BCUT2D eigenvalue weighted by Crippen LogP contribution is 2.25. The number of fused-ring (bicyclic) bond motifs is 1. The molecule has 0 aliphatic carbocycles. The lowest BCUT2D eigenvalue weighted by Gasteiger charge is -2.08. The predicted octanol–water partition coefficient (Wildman–Crippen LogP) is 3.08. The maximum absolute atomic E-state index is 12.9. The average molecular weight is 226 g/mol. The van der Waals surface area contributed by atoms with E-state index >= 15 is 0 Å². The number of aliphatic hydroxyl groups is 1. The Morgan fingerprint density at radius 1 is 1.40 bits per heavy atom. The Morgan fingerprint density at radius 2 is 2.13 bits per heavy atom. The third kappa shape index (κ3) is 1.94.